The zero-order chi connectivity index (χ0) is 11.6. The largest absolute Gasteiger partial charge is 0.396 e. The van der Waals surface area contributed by atoms with Crippen molar-refractivity contribution in [1.82, 2.24) is 5.32 Å². The molecule has 0 aromatic heterocycles. The van der Waals surface area contributed by atoms with Crippen molar-refractivity contribution in [2.45, 2.75) is 25.3 Å². The van der Waals surface area contributed by atoms with Gasteiger partial charge >= 0.3 is 0 Å². The van der Waals surface area contributed by atoms with E-state index in [1.165, 1.54) is 18.6 Å². The van der Waals surface area contributed by atoms with Crippen molar-refractivity contribution in [2.75, 3.05) is 13.7 Å². The third kappa shape index (κ3) is 1.85. The van der Waals surface area contributed by atoms with Crippen LogP contribution >= 0.6 is 0 Å². The number of aliphatic hydroxyl groups is 1. The first-order valence-electron chi connectivity index (χ1n) is 5.75. The predicted octanol–water partition coefficient (Wildman–Crippen LogP) is 2.25. The van der Waals surface area contributed by atoms with Gasteiger partial charge in [-0.05, 0) is 37.6 Å². The quantitative estimate of drug-likeness (QED) is 0.820. The average molecular weight is 223 g/mol. The Balaban J connectivity index is 2.25. The van der Waals surface area contributed by atoms with Crippen LogP contribution in [0.4, 0.5) is 4.39 Å². The molecule has 0 aliphatic heterocycles. The van der Waals surface area contributed by atoms with Crippen LogP contribution in [-0.2, 0) is 0 Å². The summed E-state index contributed by atoms with van der Waals surface area (Å²) in [5.41, 5.74) is 1.00. The smallest absolute Gasteiger partial charge is 0.123 e. The van der Waals surface area contributed by atoms with Crippen LogP contribution in [0.1, 0.15) is 30.9 Å². The van der Waals surface area contributed by atoms with E-state index in [1.807, 2.05) is 7.05 Å². The van der Waals surface area contributed by atoms with Gasteiger partial charge in [0.15, 0.2) is 0 Å². The Labute approximate surface area is 95.5 Å². The second-order valence-electron chi connectivity index (χ2n) is 4.65. The van der Waals surface area contributed by atoms with Crippen molar-refractivity contribution in [2.24, 2.45) is 5.41 Å². The minimum absolute atomic E-state index is 0.0490. The van der Waals surface area contributed by atoms with Crippen LogP contribution in [0.3, 0.4) is 0 Å². The molecule has 1 aliphatic carbocycles. The molecule has 3 heteroatoms. The molecule has 1 atom stereocenters. The van der Waals surface area contributed by atoms with Crippen molar-refractivity contribution in [3.63, 3.8) is 0 Å². The first-order chi connectivity index (χ1) is 7.72. The Kier molecular flexibility index (Phi) is 3.26. The van der Waals surface area contributed by atoms with Crippen molar-refractivity contribution in [3.05, 3.63) is 35.6 Å². The molecule has 0 heterocycles. The summed E-state index contributed by atoms with van der Waals surface area (Å²) in [6.07, 6.45) is 3.23. The highest BCUT2D eigenvalue weighted by atomic mass is 19.1. The number of hydrogen-bond acceptors (Lipinski definition) is 2. The molecule has 0 spiro atoms. The predicted molar refractivity (Wildman–Crippen MR) is 61.6 cm³/mol. The Morgan fingerprint density at radius 2 is 2.00 bits per heavy atom. The average Bonchev–Trinajstić information content (AvgIpc) is 2.25. The second kappa shape index (κ2) is 4.52. The topological polar surface area (TPSA) is 32.3 Å². The molecule has 0 bridgehead atoms. The van der Waals surface area contributed by atoms with Gasteiger partial charge in [0.05, 0.1) is 6.61 Å². The van der Waals surface area contributed by atoms with Crippen LogP contribution < -0.4 is 5.32 Å². The lowest BCUT2D eigenvalue weighted by molar-refractivity contribution is 0.00781. The lowest BCUT2D eigenvalue weighted by atomic mass is 9.63. The van der Waals surface area contributed by atoms with Gasteiger partial charge in [-0.15, -0.1) is 0 Å². The molecule has 1 unspecified atom stereocenters. The number of aliphatic hydroxyl groups excluding tert-OH is 1. The Morgan fingerprint density at radius 1 is 1.38 bits per heavy atom. The normalized spacial score (nSPS) is 20.2. The van der Waals surface area contributed by atoms with Crippen LogP contribution in [-0.4, -0.2) is 18.8 Å². The lowest BCUT2D eigenvalue weighted by Crippen LogP contribution is -2.44. The minimum Gasteiger partial charge on any atom is -0.396 e. The molecule has 0 radical (unpaired) electrons. The van der Waals surface area contributed by atoms with Gasteiger partial charge in [-0.3, -0.25) is 0 Å². The maximum Gasteiger partial charge on any atom is 0.123 e. The van der Waals surface area contributed by atoms with Gasteiger partial charge in [0.25, 0.3) is 0 Å². The maximum atomic E-state index is 12.9. The number of nitrogens with one attached hydrogen (secondary N) is 1. The molecule has 1 aromatic rings. The molecule has 1 aliphatic rings. The van der Waals surface area contributed by atoms with Crippen molar-refractivity contribution < 1.29 is 9.50 Å². The van der Waals surface area contributed by atoms with Crippen LogP contribution in [0.5, 0.6) is 0 Å². The van der Waals surface area contributed by atoms with Crippen LogP contribution in [0.25, 0.3) is 0 Å². The van der Waals surface area contributed by atoms with E-state index in [0.29, 0.717) is 0 Å². The first-order valence-corrected chi connectivity index (χ1v) is 5.75. The highest BCUT2D eigenvalue weighted by Crippen LogP contribution is 2.49. The lowest BCUT2D eigenvalue weighted by Gasteiger charge is -2.46. The molecule has 0 saturated heterocycles. The molecule has 2 rings (SSSR count). The van der Waals surface area contributed by atoms with Gasteiger partial charge in [-0.1, -0.05) is 18.6 Å². The molecule has 1 saturated carbocycles. The number of benzene rings is 1. The fourth-order valence-corrected chi connectivity index (χ4v) is 2.65. The molecule has 88 valence electrons. The van der Waals surface area contributed by atoms with Crippen molar-refractivity contribution >= 4 is 0 Å². The van der Waals surface area contributed by atoms with E-state index < -0.39 is 0 Å². The number of rotatable bonds is 4. The van der Waals surface area contributed by atoms with E-state index >= 15 is 0 Å². The standard InChI is InChI=1S/C13H18FNO/c1-15-12(13(9-16)7-2-8-13)10-3-5-11(14)6-4-10/h3-6,12,15-16H,2,7-9H2,1H3. The monoisotopic (exact) mass is 223 g/mol. The molecule has 0 amide bonds. The fraction of sp³-hybridized carbons (Fsp3) is 0.538. The molecule has 2 nitrogen and oxygen atoms in total. The van der Waals surface area contributed by atoms with Crippen LogP contribution in [0.15, 0.2) is 24.3 Å². The zero-order valence-electron chi connectivity index (χ0n) is 9.54. The molecule has 1 fully saturated rings. The van der Waals surface area contributed by atoms with Crippen LogP contribution in [0.2, 0.25) is 0 Å². The molecule has 16 heavy (non-hydrogen) atoms. The number of hydrogen-bond donors (Lipinski definition) is 2. The van der Waals surface area contributed by atoms with Gasteiger partial charge in [-0.2, -0.15) is 0 Å². The van der Waals surface area contributed by atoms with Crippen LogP contribution in [0, 0.1) is 11.2 Å². The Bertz CT molecular complexity index is 340. The van der Waals surface area contributed by atoms with Gasteiger partial charge < -0.3 is 10.4 Å². The molecule has 2 N–H and O–H groups in total. The highest BCUT2D eigenvalue weighted by molar-refractivity contribution is 5.23. The summed E-state index contributed by atoms with van der Waals surface area (Å²) in [6.45, 7) is 0.190. The summed E-state index contributed by atoms with van der Waals surface area (Å²) in [7, 11) is 1.89. The SMILES string of the molecule is CNC(c1ccc(F)cc1)C1(CO)CCC1. The Hall–Kier alpha value is -0.930. The minimum atomic E-state index is -0.217. The fourth-order valence-electron chi connectivity index (χ4n) is 2.65. The summed E-state index contributed by atoms with van der Waals surface area (Å²) in [4.78, 5) is 0. The summed E-state index contributed by atoms with van der Waals surface area (Å²) >= 11 is 0. The first kappa shape index (κ1) is 11.6. The third-order valence-electron chi connectivity index (χ3n) is 3.77. The van der Waals surface area contributed by atoms with Gasteiger partial charge in [0.2, 0.25) is 0 Å². The van der Waals surface area contributed by atoms with Gasteiger partial charge in [0.1, 0.15) is 5.82 Å². The van der Waals surface area contributed by atoms with Gasteiger partial charge in [0, 0.05) is 11.5 Å². The summed E-state index contributed by atoms with van der Waals surface area (Å²) in [6, 6.07) is 6.66. The zero-order valence-corrected chi connectivity index (χ0v) is 9.54. The maximum absolute atomic E-state index is 12.9. The van der Waals surface area contributed by atoms with E-state index in [9.17, 15) is 9.50 Å². The number of halogens is 1. The van der Waals surface area contributed by atoms with E-state index in [1.54, 1.807) is 12.1 Å². The second-order valence-corrected chi connectivity index (χ2v) is 4.65. The highest BCUT2D eigenvalue weighted by Gasteiger charge is 2.43. The van der Waals surface area contributed by atoms with Gasteiger partial charge in [-0.25, -0.2) is 4.39 Å². The Morgan fingerprint density at radius 3 is 2.38 bits per heavy atom. The molecular weight excluding hydrogens is 205 g/mol. The third-order valence-corrected chi connectivity index (χ3v) is 3.77. The van der Waals surface area contributed by atoms with E-state index in [-0.39, 0.29) is 23.9 Å². The van der Waals surface area contributed by atoms with E-state index in [0.717, 1.165) is 18.4 Å². The van der Waals surface area contributed by atoms with E-state index in [2.05, 4.69) is 5.32 Å². The molecular formula is C13H18FNO. The van der Waals surface area contributed by atoms with E-state index in [4.69, 9.17) is 0 Å². The molecule has 1 aromatic carbocycles. The summed E-state index contributed by atoms with van der Waals surface area (Å²) in [5.74, 6) is -0.217. The van der Waals surface area contributed by atoms with Crippen molar-refractivity contribution in [3.8, 4) is 0 Å². The summed E-state index contributed by atoms with van der Waals surface area (Å²) < 4.78 is 12.9. The van der Waals surface area contributed by atoms with Crippen molar-refractivity contribution in [1.29, 1.82) is 0 Å². The summed E-state index contributed by atoms with van der Waals surface area (Å²) in [5, 5.41) is 12.8.